The summed E-state index contributed by atoms with van der Waals surface area (Å²) in [6.45, 7) is 4.26. The summed E-state index contributed by atoms with van der Waals surface area (Å²) in [5.74, 6) is 2.77. The molecule has 0 spiro atoms. The summed E-state index contributed by atoms with van der Waals surface area (Å²) in [4.78, 5) is 13.0. The molecule has 0 aliphatic heterocycles. The van der Waals surface area contributed by atoms with Gasteiger partial charge in [0.15, 0.2) is 0 Å². The Labute approximate surface area is 157 Å². The van der Waals surface area contributed by atoms with Crippen LogP contribution in [0.15, 0.2) is 48.5 Å². The van der Waals surface area contributed by atoms with E-state index in [9.17, 15) is 4.79 Å². The number of benzene rings is 2. The fourth-order valence-electron chi connectivity index (χ4n) is 4.31. The van der Waals surface area contributed by atoms with E-state index < -0.39 is 0 Å². The second-order valence-corrected chi connectivity index (χ2v) is 8.66. The first-order valence-corrected chi connectivity index (χ1v) is 10.2. The summed E-state index contributed by atoms with van der Waals surface area (Å²) in [6, 6.07) is 17.7. The molecule has 2 saturated carbocycles. The number of ketones is 1. The average Bonchev–Trinajstić information content (AvgIpc) is 3.53. The molecule has 136 valence electrons. The molecular formula is C25H30O. The van der Waals surface area contributed by atoms with Crippen LogP contribution in [0.4, 0.5) is 0 Å². The molecule has 1 heteroatoms. The summed E-state index contributed by atoms with van der Waals surface area (Å²) in [7, 11) is 0. The Morgan fingerprint density at radius 3 is 1.38 bits per heavy atom. The van der Waals surface area contributed by atoms with E-state index in [2.05, 4.69) is 62.4 Å². The Morgan fingerprint density at radius 1 is 0.731 bits per heavy atom. The molecule has 0 amide bonds. The maximum atomic E-state index is 13.0. The van der Waals surface area contributed by atoms with Crippen molar-refractivity contribution in [2.24, 2.45) is 11.8 Å². The molecule has 2 fully saturated rings. The largest absolute Gasteiger partial charge is 0.300 e. The van der Waals surface area contributed by atoms with E-state index in [0.29, 0.717) is 17.6 Å². The quantitative estimate of drug-likeness (QED) is 0.545. The van der Waals surface area contributed by atoms with Gasteiger partial charge in [-0.1, -0.05) is 59.7 Å². The summed E-state index contributed by atoms with van der Waals surface area (Å²) < 4.78 is 0. The molecule has 0 unspecified atom stereocenters. The first kappa shape index (κ1) is 17.5. The molecule has 2 aromatic carbocycles. The Bertz CT molecular complexity index is 682. The van der Waals surface area contributed by atoms with Gasteiger partial charge < -0.3 is 0 Å². The number of rotatable bonds is 8. The number of carbonyl (C=O) groups is 1. The van der Waals surface area contributed by atoms with Crippen molar-refractivity contribution in [1.82, 2.24) is 0 Å². The van der Waals surface area contributed by atoms with Gasteiger partial charge in [0, 0.05) is 12.8 Å². The van der Waals surface area contributed by atoms with E-state index in [1.54, 1.807) is 0 Å². The maximum Gasteiger partial charge on any atom is 0.134 e. The minimum absolute atomic E-state index is 0.431. The monoisotopic (exact) mass is 346 g/mol. The van der Waals surface area contributed by atoms with Gasteiger partial charge in [0.1, 0.15) is 5.78 Å². The van der Waals surface area contributed by atoms with Gasteiger partial charge in [-0.05, 0) is 74.3 Å². The van der Waals surface area contributed by atoms with Gasteiger partial charge in [-0.2, -0.15) is 0 Å². The molecule has 0 bridgehead atoms. The van der Waals surface area contributed by atoms with Crippen LogP contribution >= 0.6 is 0 Å². The number of carbonyl (C=O) groups excluding carboxylic acids is 1. The van der Waals surface area contributed by atoms with Crippen LogP contribution in [0.25, 0.3) is 0 Å². The van der Waals surface area contributed by atoms with Crippen LogP contribution in [-0.4, -0.2) is 5.78 Å². The van der Waals surface area contributed by atoms with Crippen LogP contribution in [0, 0.1) is 25.7 Å². The lowest BCUT2D eigenvalue weighted by atomic mass is 9.83. The van der Waals surface area contributed by atoms with Gasteiger partial charge >= 0.3 is 0 Å². The smallest absolute Gasteiger partial charge is 0.134 e. The topological polar surface area (TPSA) is 17.1 Å². The molecule has 0 saturated heterocycles. The average molecular weight is 347 g/mol. The third-order valence-electron chi connectivity index (χ3n) is 6.29. The van der Waals surface area contributed by atoms with Crippen LogP contribution in [0.5, 0.6) is 0 Å². The molecule has 1 nitrogen and oxygen atoms in total. The third-order valence-corrected chi connectivity index (χ3v) is 6.29. The fourth-order valence-corrected chi connectivity index (χ4v) is 4.31. The van der Waals surface area contributed by atoms with Crippen molar-refractivity contribution in [3.05, 3.63) is 70.8 Å². The zero-order valence-corrected chi connectivity index (χ0v) is 16.1. The van der Waals surface area contributed by atoms with Crippen LogP contribution in [0.2, 0.25) is 0 Å². The van der Waals surface area contributed by atoms with Crippen LogP contribution < -0.4 is 0 Å². The van der Waals surface area contributed by atoms with Crippen molar-refractivity contribution in [3.63, 3.8) is 0 Å². The molecule has 4 rings (SSSR count). The lowest BCUT2D eigenvalue weighted by molar-refractivity contribution is -0.120. The number of Topliss-reactive ketones (excluding diaryl/α,β-unsaturated/α-hetero) is 1. The number of hydrogen-bond donors (Lipinski definition) is 0. The van der Waals surface area contributed by atoms with Gasteiger partial charge in [0.05, 0.1) is 0 Å². The van der Waals surface area contributed by atoms with Crippen molar-refractivity contribution in [1.29, 1.82) is 0 Å². The van der Waals surface area contributed by atoms with Crippen LogP contribution in [0.3, 0.4) is 0 Å². The second-order valence-electron chi connectivity index (χ2n) is 8.66. The zero-order chi connectivity index (χ0) is 18.1. The Balaban J connectivity index is 1.45. The standard InChI is InChI=1S/C25H30O/c1-17-3-7-19(8-4-17)24(21-11-12-21)15-23(26)16-25(22-13-14-22)20-9-5-18(2)6-10-20/h3-10,21-22,24-25H,11-16H2,1-2H3/t24-,25-/m1/s1. The van der Waals surface area contributed by atoms with E-state index >= 15 is 0 Å². The molecular weight excluding hydrogens is 316 g/mol. The Morgan fingerprint density at radius 2 is 1.08 bits per heavy atom. The van der Waals surface area contributed by atoms with Crippen molar-refractivity contribution < 1.29 is 4.79 Å². The van der Waals surface area contributed by atoms with Crippen molar-refractivity contribution in [2.45, 2.75) is 64.2 Å². The highest BCUT2D eigenvalue weighted by atomic mass is 16.1. The second kappa shape index (κ2) is 7.39. The first-order chi connectivity index (χ1) is 12.6. The molecule has 2 atom stereocenters. The van der Waals surface area contributed by atoms with Gasteiger partial charge in [-0.15, -0.1) is 0 Å². The highest BCUT2D eigenvalue weighted by Crippen LogP contribution is 2.47. The third kappa shape index (κ3) is 4.26. The predicted molar refractivity (Wildman–Crippen MR) is 108 cm³/mol. The summed E-state index contributed by atoms with van der Waals surface area (Å²) in [5, 5.41) is 0. The molecule has 0 N–H and O–H groups in total. The summed E-state index contributed by atoms with van der Waals surface area (Å²) >= 11 is 0. The normalized spacial score (nSPS) is 19.2. The molecule has 26 heavy (non-hydrogen) atoms. The van der Waals surface area contributed by atoms with E-state index in [4.69, 9.17) is 0 Å². The van der Waals surface area contributed by atoms with Gasteiger partial charge in [0.25, 0.3) is 0 Å². The van der Waals surface area contributed by atoms with Crippen molar-refractivity contribution >= 4 is 5.78 Å². The maximum absolute atomic E-state index is 13.0. The highest BCUT2D eigenvalue weighted by molar-refractivity contribution is 5.80. The molecule has 0 heterocycles. The Kier molecular flexibility index (Phi) is 4.98. The fraction of sp³-hybridized carbons (Fsp3) is 0.480. The molecule has 2 aliphatic carbocycles. The Hall–Kier alpha value is -1.89. The minimum Gasteiger partial charge on any atom is -0.300 e. The lowest BCUT2D eigenvalue weighted by Crippen LogP contribution is -2.14. The minimum atomic E-state index is 0.431. The molecule has 2 aliphatic rings. The molecule has 2 aromatic rings. The molecule has 0 radical (unpaired) electrons. The van der Waals surface area contributed by atoms with Gasteiger partial charge in [0.2, 0.25) is 0 Å². The summed E-state index contributed by atoms with van der Waals surface area (Å²) in [5.41, 5.74) is 5.32. The van der Waals surface area contributed by atoms with Gasteiger partial charge in [-0.3, -0.25) is 4.79 Å². The van der Waals surface area contributed by atoms with Crippen LogP contribution in [0.1, 0.15) is 72.6 Å². The predicted octanol–water partition coefficient (Wildman–Crippen LogP) is 6.34. The summed E-state index contributed by atoms with van der Waals surface area (Å²) in [6.07, 6.45) is 6.60. The van der Waals surface area contributed by atoms with Gasteiger partial charge in [-0.25, -0.2) is 0 Å². The zero-order valence-electron chi connectivity index (χ0n) is 16.1. The van der Waals surface area contributed by atoms with Crippen molar-refractivity contribution in [2.75, 3.05) is 0 Å². The first-order valence-electron chi connectivity index (χ1n) is 10.2. The molecule has 0 aromatic heterocycles. The number of aryl methyl sites for hydroxylation is 2. The van der Waals surface area contributed by atoms with E-state index in [1.807, 2.05) is 0 Å². The van der Waals surface area contributed by atoms with E-state index in [-0.39, 0.29) is 0 Å². The SMILES string of the molecule is Cc1ccc([C@@H](CC(=O)C[C@H](c2ccc(C)cc2)C2CC2)C2CC2)cc1. The number of hydrogen-bond acceptors (Lipinski definition) is 1. The van der Waals surface area contributed by atoms with Crippen molar-refractivity contribution in [3.8, 4) is 0 Å². The van der Waals surface area contributed by atoms with E-state index in [0.717, 1.165) is 24.7 Å². The highest BCUT2D eigenvalue weighted by Gasteiger charge is 2.37. The lowest BCUT2D eigenvalue weighted by Gasteiger charge is -2.20. The van der Waals surface area contributed by atoms with Crippen LogP contribution in [-0.2, 0) is 4.79 Å². The van der Waals surface area contributed by atoms with E-state index in [1.165, 1.54) is 47.9 Å².